The molecule has 1 aromatic heterocycles. The molecule has 1 rings (SSSR count). The molecule has 0 bridgehead atoms. The van der Waals surface area contributed by atoms with Crippen molar-refractivity contribution in [3.8, 4) is 0 Å². The Morgan fingerprint density at radius 2 is 2.31 bits per heavy atom. The molecule has 5 heteroatoms. The van der Waals surface area contributed by atoms with E-state index in [9.17, 15) is 4.79 Å². The molecule has 4 N–H and O–H groups in total. The molecule has 0 aliphatic heterocycles. The predicted molar refractivity (Wildman–Crippen MR) is 64.0 cm³/mol. The largest absolute Gasteiger partial charge is 0.354 e. The fourth-order valence-corrected chi connectivity index (χ4v) is 1.50. The Morgan fingerprint density at radius 3 is 3.00 bits per heavy atom. The second-order valence-corrected chi connectivity index (χ2v) is 3.73. The van der Waals surface area contributed by atoms with E-state index in [1.807, 2.05) is 0 Å². The van der Waals surface area contributed by atoms with Crippen molar-refractivity contribution in [3.63, 3.8) is 0 Å². The molecule has 0 spiro atoms. The summed E-state index contributed by atoms with van der Waals surface area (Å²) < 4.78 is 2.18. The molecule has 0 aliphatic carbocycles. The summed E-state index contributed by atoms with van der Waals surface area (Å²) in [5.41, 5.74) is 6.20. The molecule has 0 radical (unpaired) electrons. The SMILES string of the molecule is CCCn1ccc(CNCCNC(N)=O)c1. The zero-order valence-electron chi connectivity index (χ0n) is 9.70. The van der Waals surface area contributed by atoms with Crippen molar-refractivity contribution in [1.82, 2.24) is 15.2 Å². The normalized spacial score (nSPS) is 10.3. The number of hydrogen-bond acceptors (Lipinski definition) is 2. The van der Waals surface area contributed by atoms with E-state index in [0.717, 1.165) is 26.1 Å². The van der Waals surface area contributed by atoms with Gasteiger partial charge in [0.1, 0.15) is 0 Å². The van der Waals surface area contributed by atoms with Crippen molar-refractivity contribution in [3.05, 3.63) is 24.0 Å². The average molecular weight is 224 g/mol. The number of nitrogens with zero attached hydrogens (tertiary/aromatic N) is 1. The number of rotatable bonds is 7. The Balaban J connectivity index is 2.14. The first-order valence-corrected chi connectivity index (χ1v) is 5.61. The van der Waals surface area contributed by atoms with E-state index in [4.69, 9.17) is 5.73 Å². The lowest BCUT2D eigenvalue weighted by Gasteiger charge is -2.03. The van der Waals surface area contributed by atoms with Gasteiger partial charge in [-0.25, -0.2) is 4.79 Å². The summed E-state index contributed by atoms with van der Waals surface area (Å²) >= 11 is 0. The summed E-state index contributed by atoms with van der Waals surface area (Å²) in [5.74, 6) is 0. The molecule has 0 fully saturated rings. The first-order chi connectivity index (χ1) is 7.72. The second kappa shape index (κ2) is 6.90. The van der Waals surface area contributed by atoms with E-state index in [1.54, 1.807) is 0 Å². The van der Waals surface area contributed by atoms with Gasteiger partial charge in [0.05, 0.1) is 0 Å². The molecule has 0 aromatic carbocycles. The maximum atomic E-state index is 10.4. The van der Waals surface area contributed by atoms with Gasteiger partial charge in [-0.3, -0.25) is 0 Å². The summed E-state index contributed by atoms with van der Waals surface area (Å²) in [6.45, 7) is 5.32. The highest BCUT2D eigenvalue weighted by Crippen LogP contribution is 2.01. The number of nitrogens with one attached hydrogen (secondary N) is 2. The highest BCUT2D eigenvalue weighted by atomic mass is 16.2. The van der Waals surface area contributed by atoms with Crippen molar-refractivity contribution in [1.29, 1.82) is 0 Å². The van der Waals surface area contributed by atoms with Crippen LogP contribution in [0, 0.1) is 0 Å². The molecule has 1 aromatic rings. The number of carbonyl (C=O) groups excluding carboxylic acids is 1. The summed E-state index contributed by atoms with van der Waals surface area (Å²) in [6.07, 6.45) is 5.37. The van der Waals surface area contributed by atoms with Gasteiger partial charge >= 0.3 is 6.03 Å². The van der Waals surface area contributed by atoms with Crippen LogP contribution < -0.4 is 16.4 Å². The number of nitrogens with two attached hydrogens (primary N) is 1. The Labute approximate surface area is 96.0 Å². The van der Waals surface area contributed by atoms with Gasteiger partial charge in [0.15, 0.2) is 0 Å². The van der Waals surface area contributed by atoms with Crippen LogP contribution in [0.15, 0.2) is 18.5 Å². The van der Waals surface area contributed by atoms with Gasteiger partial charge in [-0.1, -0.05) is 6.92 Å². The van der Waals surface area contributed by atoms with Crippen molar-refractivity contribution < 1.29 is 4.79 Å². The third-order valence-corrected chi connectivity index (χ3v) is 2.22. The molecule has 5 nitrogen and oxygen atoms in total. The van der Waals surface area contributed by atoms with Gasteiger partial charge in [0, 0.05) is 38.6 Å². The summed E-state index contributed by atoms with van der Waals surface area (Å²) in [6, 6.07) is 1.63. The number of aromatic nitrogens is 1. The van der Waals surface area contributed by atoms with Crippen LogP contribution in [0.3, 0.4) is 0 Å². The topological polar surface area (TPSA) is 72.1 Å². The average Bonchev–Trinajstić information content (AvgIpc) is 2.65. The van der Waals surface area contributed by atoms with Crippen molar-refractivity contribution in [2.45, 2.75) is 26.4 Å². The molecule has 0 saturated heterocycles. The maximum Gasteiger partial charge on any atom is 0.312 e. The molecule has 0 unspecified atom stereocenters. The van der Waals surface area contributed by atoms with Crippen LogP contribution in [0.4, 0.5) is 4.79 Å². The first kappa shape index (κ1) is 12.6. The Hall–Kier alpha value is -1.49. The van der Waals surface area contributed by atoms with E-state index < -0.39 is 6.03 Å². The highest BCUT2D eigenvalue weighted by molar-refractivity contribution is 5.71. The van der Waals surface area contributed by atoms with E-state index in [1.165, 1.54) is 5.56 Å². The smallest absolute Gasteiger partial charge is 0.312 e. The van der Waals surface area contributed by atoms with Crippen LogP contribution in [0.25, 0.3) is 0 Å². The quantitative estimate of drug-likeness (QED) is 0.595. The molecule has 1 heterocycles. The summed E-state index contributed by atoms with van der Waals surface area (Å²) in [7, 11) is 0. The van der Waals surface area contributed by atoms with Crippen LogP contribution >= 0.6 is 0 Å². The first-order valence-electron chi connectivity index (χ1n) is 5.61. The van der Waals surface area contributed by atoms with Crippen molar-refractivity contribution in [2.24, 2.45) is 5.73 Å². The van der Waals surface area contributed by atoms with Crippen LogP contribution in [-0.4, -0.2) is 23.7 Å². The van der Waals surface area contributed by atoms with E-state index in [2.05, 4.69) is 40.6 Å². The van der Waals surface area contributed by atoms with Crippen molar-refractivity contribution >= 4 is 6.03 Å². The lowest BCUT2D eigenvalue weighted by molar-refractivity contribution is 0.249. The number of urea groups is 1. The van der Waals surface area contributed by atoms with Crippen LogP contribution in [-0.2, 0) is 13.1 Å². The lowest BCUT2D eigenvalue weighted by Crippen LogP contribution is -2.35. The van der Waals surface area contributed by atoms with Gasteiger partial charge in [-0.05, 0) is 18.1 Å². The van der Waals surface area contributed by atoms with E-state index in [-0.39, 0.29) is 0 Å². The molecular formula is C11H20N4O. The fourth-order valence-electron chi connectivity index (χ4n) is 1.50. The highest BCUT2D eigenvalue weighted by Gasteiger charge is 1.96. The van der Waals surface area contributed by atoms with Crippen molar-refractivity contribution in [2.75, 3.05) is 13.1 Å². The molecular weight excluding hydrogens is 204 g/mol. The number of aryl methyl sites for hydroxylation is 1. The summed E-state index contributed by atoms with van der Waals surface area (Å²) in [4.78, 5) is 10.4. The van der Waals surface area contributed by atoms with Crippen LogP contribution in [0.1, 0.15) is 18.9 Å². The second-order valence-electron chi connectivity index (χ2n) is 3.73. The lowest BCUT2D eigenvalue weighted by atomic mass is 10.3. The minimum Gasteiger partial charge on any atom is -0.354 e. The van der Waals surface area contributed by atoms with E-state index in [0.29, 0.717) is 6.54 Å². The van der Waals surface area contributed by atoms with Crippen LogP contribution in [0.2, 0.25) is 0 Å². The molecule has 90 valence electrons. The predicted octanol–water partition coefficient (Wildman–Crippen LogP) is 0.656. The third kappa shape index (κ3) is 4.84. The Kier molecular flexibility index (Phi) is 5.42. The van der Waals surface area contributed by atoms with Gasteiger partial charge in [0.25, 0.3) is 0 Å². The molecule has 0 saturated carbocycles. The van der Waals surface area contributed by atoms with Gasteiger partial charge in [-0.15, -0.1) is 0 Å². The molecule has 0 atom stereocenters. The zero-order chi connectivity index (χ0) is 11.8. The van der Waals surface area contributed by atoms with E-state index >= 15 is 0 Å². The maximum absolute atomic E-state index is 10.4. The minimum absolute atomic E-state index is 0.476. The van der Waals surface area contributed by atoms with Crippen LogP contribution in [0.5, 0.6) is 0 Å². The number of hydrogen-bond donors (Lipinski definition) is 3. The number of primary amides is 1. The Bertz CT molecular complexity index is 322. The molecule has 0 aliphatic rings. The van der Waals surface area contributed by atoms with Gasteiger partial charge in [0.2, 0.25) is 0 Å². The third-order valence-electron chi connectivity index (χ3n) is 2.22. The minimum atomic E-state index is -0.476. The summed E-state index contributed by atoms with van der Waals surface area (Å²) in [5, 5.41) is 5.76. The zero-order valence-corrected chi connectivity index (χ0v) is 9.70. The fraction of sp³-hybridized carbons (Fsp3) is 0.545. The van der Waals surface area contributed by atoms with Gasteiger partial charge < -0.3 is 20.9 Å². The standard InChI is InChI=1S/C11H20N4O/c1-2-6-15-7-3-10(9-15)8-13-4-5-14-11(12)16/h3,7,9,13H,2,4-6,8H2,1H3,(H3,12,14,16). The molecule has 2 amide bonds. The Morgan fingerprint density at radius 1 is 1.50 bits per heavy atom. The van der Waals surface area contributed by atoms with Gasteiger partial charge in [-0.2, -0.15) is 0 Å². The monoisotopic (exact) mass is 224 g/mol. The molecule has 16 heavy (non-hydrogen) atoms. The number of carbonyl (C=O) groups is 1. The number of amides is 2.